The van der Waals surface area contributed by atoms with E-state index in [1.165, 1.54) is 0 Å². The molecule has 1 unspecified atom stereocenters. The van der Waals surface area contributed by atoms with Crippen LogP contribution < -0.4 is 5.73 Å². The maximum atomic E-state index is 10.2. The topological polar surface area (TPSA) is 55.5 Å². The second kappa shape index (κ2) is 4.40. The van der Waals surface area contributed by atoms with Gasteiger partial charge in [0.15, 0.2) is 0 Å². The Morgan fingerprint density at radius 1 is 1.54 bits per heavy atom. The molecule has 1 rings (SSSR count). The Morgan fingerprint density at radius 2 is 2.08 bits per heavy atom. The highest BCUT2D eigenvalue weighted by Gasteiger charge is 2.37. The second-order valence-electron chi connectivity index (χ2n) is 4.18. The minimum absolute atomic E-state index is 0.199. The zero-order chi connectivity index (χ0) is 9.90. The van der Waals surface area contributed by atoms with Crippen LogP contribution in [0.4, 0.5) is 0 Å². The van der Waals surface area contributed by atoms with Gasteiger partial charge in [0.05, 0.1) is 11.7 Å². The van der Waals surface area contributed by atoms with Crippen molar-refractivity contribution in [3.8, 4) is 0 Å². The number of nitrogens with two attached hydrogens (primary N) is 1. The molecule has 13 heavy (non-hydrogen) atoms. The molecule has 0 saturated heterocycles. The van der Waals surface area contributed by atoms with Crippen LogP contribution in [-0.4, -0.2) is 30.5 Å². The van der Waals surface area contributed by atoms with Gasteiger partial charge in [-0.2, -0.15) is 0 Å². The third kappa shape index (κ3) is 2.42. The normalized spacial score (nSPS) is 37.4. The summed E-state index contributed by atoms with van der Waals surface area (Å²) in [5.41, 5.74) is 5.03. The van der Waals surface area contributed by atoms with Gasteiger partial charge < -0.3 is 15.6 Å². The fourth-order valence-electron chi connectivity index (χ4n) is 2.04. The maximum Gasteiger partial charge on any atom is 0.0687 e. The van der Waals surface area contributed by atoms with Crippen LogP contribution in [0.5, 0.6) is 0 Å². The molecule has 1 atom stereocenters. The van der Waals surface area contributed by atoms with Crippen molar-refractivity contribution >= 4 is 0 Å². The Labute approximate surface area is 80.3 Å². The molecule has 0 aromatic rings. The molecule has 0 aromatic carbocycles. The van der Waals surface area contributed by atoms with Gasteiger partial charge in [-0.3, -0.25) is 0 Å². The van der Waals surface area contributed by atoms with Gasteiger partial charge in [0.25, 0.3) is 0 Å². The number of hydrogen-bond acceptors (Lipinski definition) is 3. The third-order valence-electron chi connectivity index (χ3n) is 3.40. The Kier molecular flexibility index (Phi) is 3.71. The van der Waals surface area contributed by atoms with Crippen LogP contribution in [0, 0.1) is 5.92 Å². The van der Waals surface area contributed by atoms with Crippen LogP contribution >= 0.6 is 0 Å². The van der Waals surface area contributed by atoms with E-state index in [1.54, 1.807) is 7.11 Å². The molecule has 78 valence electrons. The van der Waals surface area contributed by atoms with Crippen LogP contribution in [-0.2, 0) is 4.74 Å². The Bertz CT molecular complexity index is 153. The van der Waals surface area contributed by atoms with Gasteiger partial charge in [0.2, 0.25) is 0 Å². The molecular weight excluding hydrogens is 166 g/mol. The van der Waals surface area contributed by atoms with E-state index in [0.29, 0.717) is 12.6 Å². The zero-order valence-electron chi connectivity index (χ0n) is 8.62. The van der Waals surface area contributed by atoms with Crippen LogP contribution in [0.1, 0.15) is 32.6 Å². The van der Waals surface area contributed by atoms with Gasteiger partial charge in [0.1, 0.15) is 0 Å². The average molecular weight is 187 g/mol. The van der Waals surface area contributed by atoms with Crippen LogP contribution in [0.3, 0.4) is 0 Å². The van der Waals surface area contributed by atoms with Gasteiger partial charge in [-0.1, -0.05) is 6.92 Å². The molecule has 1 aliphatic rings. The number of ether oxygens (including phenoxy) is 1. The number of rotatable bonds is 3. The second-order valence-corrected chi connectivity index (χ2v) is 4.18. The Balaban J connectivity index is 2.46. The lowest BCUT2D eigenvalue weighted by Crippen LogP contribution is -2.44. The van der Waals surface area contributed by atoms with E-state index in [-0.39, 0.29) is 5.92 Å². The lowest BCUT2D eigenvalue weighted by Gasteiger charge is -2.39. The molecule has 0 radical (unpaired) electrons. The molecule has 3 N–H and O–H groups in total. The van der Waals surface area contributed by atoms with Crippen molar-refractivity contribution in [2.24, 2.45) is 11.7 Å². The predicted molar refractivity (Wildman–Crippen MR) is 52.4 cm³/mol. The molecule has 0 heterocycles. The zero-order valence-corrected chi connectivity index (χ0v) is 8.62. The molecule has 3 heteroatoms. The summed E-state index contributed by atoms with van der Waals surface area (Å²) in [7, 11) is 1.74. The molecule has 0 amide bonds. The molecule has 0 aromatic heterocycles. The first kappa shape index (κ1) is 11.0. The average Bonchev–Trinajstić information content (AvgIpc) is 2.18. The summed E-state index contributed by atoms with van der Waals surface area (Å²) in [6.07, 6.45) is 3.90. The molecule has 0 aliphatic heterocycles. The van der Waals surface area contributed by atoms with Crippen molar-refractivity contribution in [3.05, 3.63) is 0 Å². The molecule has 1 fully saturated rings. The summed E-state index contributed by atoms with van der Waals surface area (Å²) < 4.78 is 5.26. The quantitative estimate of drug-likeness (QED) is 0.690. The maximum absolute atomic E-state index is 10.2. The first-order chi connectivity index (χ1) is 6.12. The molecule has 1 saturated carbocycles. The fraction of sp³-hybridized carbons (Fsp3) is 1.00. The van der Waals surface area contributed by atoms with E-state index in [9.17, 15) is 5.11 Å². The van der Waals surface area contributed by atoms with E-state index < -0.39 is 5.60 Å². The summed E-state index contributed by atoms with van der Waals surface area (Å²) in [5.74, 6) is 0.199. The molecule has 3 nitrogen and oxygen atoms in total. The van der Waals surface area contributed by atoms with Crippen molar-refractivity contribution in [1.29, 1.82) is 0 Å². The van der Waals surface area contributed by atoms with Gasteiger partial charge in [-0.25, -0.2) is 0 Å². The first-order valence-corrected chi connectivity index (χ1v) is 5.07. The Hall–Kier alpha value is -0.120. The largest absolute Gasteiger partial charge is 0.390 e. The van der Waals surface area contributed by atoms with Gasteiger partial charge in [-0.15, -0.1) is 0 Å². The minimum Gasteiger partial charge on any atom is -0.390 e. The van der Waals surface area contributed by atoms with Crippen LogP contribution in [0.15, 0.2) is 0 Å². The van der Waals surface area contributed by atoms with Crippen molar-refractivity contribution in [3.63, 3.8) is 0 Å². The van der Waals surface area contributed by atoms with E-state index >= 15 is 0 Å². The highest BCUT2D eigenvalue weighted by atomic mass is 16.5. The number of hydrogen-bond donors (Lipinski definition) is 2. The molecule has 0 bridgehead atoms. The summed E-state index contributed by atoms with van der Waals surface area (Å²) in [6, 6.07) is 0. The summed E-state index contributed by atoms with van der Waals surface area (Å²) in [6.45, 7) is 2.58. The van der Waals surface area contributed by atoms with E-state index in [4.69, 9.17) is 10.5 Å². The van der Waals surface area contributed by atoms with Crippen molar-refractivity contribution in [1.82, 2.24) is 0 Å². The highest BCUT2D eigenvalue weighted by Crippen LogP contribution is 2.34. The standard InChI is InChI=1S/C10H21NO2/c1-8(7-11)10(12)5-3-9(13-2)4-6-10/h8-9,12H,3-7,11H2,1-2H3. The summed E-state index contributed by atoms with van der Waals surface area (Å²) >= 11 is 0. The number of aliphatic hydroxyl groups is 1. The van der Waals surface area contributed by atoms with E-state index in [0.717, 1.165) is 25.7 Å². The Morgan fingerprint density at radius 3 is 2.46 bits per heavy atom. The van der Waals surface area contributed by atoms with Crippen LogP contribution in [0.25, 0.3) is 0 Å². The number of methoxy groups -OCH3 is 1. The molecule has 0 spiro atoms. The lowest BCUT2D eigenvalue weighted by atomic mass is 9.75. The van der Waals surface area contributed by atoms with Gasteiger partial charge in [-0.05, 0) is 38.1 Å². The fourth-order valence-corrected chi connectivity index (χ4v) is 2.04. The van der Waals surface area contributed by atoms with E-state index in [2.05, 4.69) is 0 Å². The molecule has 1 aliphatic carbocycles. The van der Waals surface area contributed by atoms with Gasteiger partial charge >= 0.3 is 0 Å². The van der Waals surface area contributed by atoms with Crippen molar-refractivity contribution in [2.75, 3.05) is 13.7 Å². The summed E-state index contributed by atoms with van der Waals surface area (Å²) in [4.78, 5) is 0. The minimum atomic E-state index is -0.538. The van der Waals surface area contributed by atoms with Gasteiger partial charge in [0, 0.05) is 7.11 Å². The van der Waals surface area contributed by atoms with E-state index in [1.807, 2.05) is 6.92 Å². The molecular formula is C10H21NO2. The van der Waals surface area contributed by atoms with Crippen LogP contribution in [0.2, 0.25) is 0 Å². The predicted octanol–water partition coefficient (Wildman–Crippen LogP) is 0.901. The van der Waals surface area contributed by atoms with Crippen molar-refractivity contribution in [2.45, 2.75) is 44.3 Å². The monoisotopic (exact) mass is 187 g/mol. The summed E-state index contributed by atoms with van der Waals surface area (Å²) in [5, 5.41) is 10.2. The van der Waals surface area contributed by atoms with Crippen molar-refractivity contribution < 1.29 is 9.84 Å². The lowest BCUT2D eigenvalue weighted by molar-refractivity contribution is -0.0737. The highest BCUT2D eigenvalue weighted by molar-refractivity contribution is 4.90. The third-order valence-corrected chi connectivity index (χ3v) is 3.40. The first-order valence-electron chi connectivity index (χ1n) is 5.07. The SMILES string of the molecule is COC1CCC(O)(C(C)CN)CC1. The smallest absolute Gasteiger partial charge is 0.0687 e.